The number of ketones is 1. The molecule has 2 rings (SSSR count). The molecule has 4 nitrogen and oxygen atoms in total. The molecule has 0 aliphatic carbocycles. The summed E-state index contributed by atoms with van der Waals surface area (Å²) in [5.41, 5.74) is 0.248. The minimum atomic E-state index is -0.525. The van der Waals surface area contributed by atoms with E-state index >= 15 is 0 Å². The molecule has 1 aromatic carbocycles. The van der Waals surface area contributed by atoms with Crippen LogP contribution in [0.5, 0.6) is 5.75 Å². The first-order valence-electron chi connectivity index (χ1n) is 5.30. The van der Waals surface area contributed by atoms with E-state index in [4.69, 9.17) is 9.15 Å². The van der Waals surface area contributed by atoms with Gasteiger partial charge < -0.3 is 9.15 Å². The second kappa shape index (κ2) is 4.41. The Morgan fingerprint density at radius 2 is 2.12 bits per heavy atom. The summed E-state index contributed by atoms with van der Waals surface area (Å²) in [4.78, 5) is 23.1. The highest BCUT2D eigenvalue weighted by atomic mass is 16.5. The van der Waals surface area contributed by atoms with E-state index in [1.54, 1.807) is 25.1 Å². The minimum absolute atomic E-state index is 0.0759. The van der Waals surface area contributed by atoms with Crippen LogP contribution in [0.1, 0.15) is 23.7 Å². The molecule has 4 heteroatoms. The molecule has 0 atom stereocenters. The topological polar surface area (TPSA) is 56.5 Å². The second-order valence-corrected chi connectivity index (χ2v) is 3.62. The number of ether oxygens (including phenoxy) is 1. The van der Waals surface area contributed by atoms with Gasteiger partial charge in [0, 0.05) is 29.5 Å². The maximum atomic E-state index is 11.7. The van der Waals surface area contributed by atoms with Gasteiger partial charge in [0.15, 0.2) is 5.78 Å². The Balaban J connectivity index is 2.76. The average Bonchev–Trinajstić information content (AvgIpc) is 2.35. The zero-order valence-corrected chi connectivity index (χ0v) is 9.65. The fourth-order valence-corrected chi connectivity index (χ4v) is 1.69. The summed E-state index contributed by atoms with van der Waals surface area (Å²) in [5.74, 6) is 0.509. The van der Waals surface area contributed by atoms with Crippen molar-refractivity contribution >= 4 is 16.8 Å². The molecule has 0 saturated heterocycles. The highest BCUT2D eigenvalue weighted by molar-refractivity contribution is 6.06. The zero-order chi connectivity index (χ0) is 12.4. The van der Waals surface area contributed by atoms with Gasteiger partial charge in [-0.2, -0.15) is 0 Å². The van der Waals surface area contributed by atoms with Gasteiger partial charge in [0.05, 0.1) is 7.11 Å². The van der Waals surface area contributed by atoms with Crippen LogP contribution in [0.3, 0.4) is 0 Å². The molecule has 1 heterocycles. The molecule has 0 aliphatic rings. The van der Waals surface area contributed by atoms with Crippen molar-refractivity contribution in [1.82, 2.24) is 0 Å². The van der Waals surface area contributed by atoms with Crippen molar-refractivity contribution < 1.29 is 13.9 Å². The van der Waals surface area contributed by atoms with E-state index in [1.165, 1.54) is 13.2 Å². The SMILES string of the molecule is CCC(=O)c1cc(=O)oc2cc(OC)ccc12. The van der Waals surface area contributed by atoms with Gasteiger partial charge in [-0.15, -0.1) is 0 Å². The van der Waals surface area contributed by atoms with Crippen LogP contribution in [0.4, 0.5) is 0 Å². The molecule has 0 aliphatic heterocycles. The molecule has 0 fully saturated rings. The Bertz CT molecular complexity index is 625. The maximum Gasteiger partial charge on any atom is 0.336 e. The van der Waals surface area contributed by atoms with Crippen molar-refractivity contribution in [3.63, 3.8) is 0 Å². The normalized spacial score (nSPS) is 10.5. The van der Waals surface area contributed by atoms with E-state index in [9.17, 15) is 9.59 Å². The summed E-state index contributed by atoms with van der Waals surface area (Å²) < 4.78 is 10.1. The van der Waals surface area contributed by atoms with E-state index in [0.717, 1.165) is 0 Å². The molecule has 0 spiro atoms. The third-order valence-electron chi connectivity index (χ3n) is 2.57. The number of methoxy groups -OCH3 is 1. The number of Topliss-reactive ketones (excluding diaryl/α,β-unsaturated/α-hetero) is 1. The van der Waals surface area contributed by atoms with E-state index in [0.29, 0.717) is 28.7 Å². The van der Waals surface area contributed by atoms with Crippen molar-refractivity contribution in [2.75, 3.05) is 7.11 Å². The van der Waals surface area contributed by atoms with Crippen LogP contribution in [0.25, 0.3) is 11.0 Å². The van der Waals surface area contributed by atoms with Crippen molar-refractivity contribution in [2.45, 2.75) is 13.3 Å². The number of benzene rings is 1. The van der Waals surface area contributed by atoms with Crippen LogP contribution in [0.15, 0.2) is 33.5 Å². The molecule has 0 radical (unpaired) electrons. The number of rotatable bonds is 3. The third kappa shape index (κ3) is 2.06. The zero-order valence-electron chi connectivity index (χ0n) is 9.65. The molecule has 0 bridgehead atoms. The summed E-state index contributed by atoms with van der Waals surface area (Å²) in [6.45, 7) is 1.76. The molecule has 0 N–H and O–H groups in total. The Morgan fingerprint density at radius 1 is 1.35 bits per heavy atom. The molecule has 2 aromatic rings. The van der Waals surface area contributed by atoms with Gasteiger partial charge in [0.1, 0.15) is 11.3 Å². The number of fused-ring (bicyclic) bond motifs is 1. The van der Waals surface area contributed by atoms with Crippen LogP contribution in [-0.4, -0.2) is 12.9 Å². The van der Waals surface area contributed by atoms with E-state index < -0.39 is 5.63 Å². The third-order valence-corrected chi connectivity index (χ3v) is 2.57. The molecule has 0 saturated carbocycles. The summed E-state index contributed by atoms with van der Waals surface area (Å²) in [6.07, 6.45) is 0.352. The first-order valence-corrected chi connectivity index (χ1v) is 5.30. The predicted molar refractivity (Wildman–Crippen MR) is 63.7 cm³/mol. The smallest absolute Gasteiger partial charge is 0.336 e. The van der Waals surface area contributed by atoms with Crippen LogP contribution in [-0.2, 0) is 0 Å². The molecule has 0 unspecified atom stereocenters. The molecule has 0 amide bonds. The van der Waals surface area contributed by atoms with Crippen molar-refractivity contribution in [3.05, 3.63) is 40.2 Å². The van der Waals surface area contributed by atoms with Crippen molar-refractivity contribution in [1.29, 1.82) is 0 Å². The van der Waals surface area contributed by atoms with Gasteiger partial charge in [-0.05, 0) is 12.1 Å². The first kappa shape index (κ1) is 11.4. The van der Waals surface area contributed by atoms with Gasteiger partial charge >= 0.3 is 5.63 Å². The summed E-state index contributed by atoms with van der Waals surface area (Å²) in [6, 6.07) is 6.29. The Kier molecular flexibility index (Phi) is 2.95. The quantitative estimate of drug-likeness (QED) is 0.602. The molecule has 17 heavy (non-hydrogen) atoms. The van der Waals surface area contributed by atoms with Gasteiger partial charge in [-0.3, -0.25) is 4.79 Å². The Morgan fingerprint density at radius 3 is 2.76 bits per heavy atom. The highest BCUT2D eigenvalue weighted by Crippen LogP contribution is 2.23. The highest BCUT2D eigenvalue weighted by Gasteiger charge is 2.11. The van der Waals surface area contributed by atoms with Gasteiger partial charge in [-0.25, -0.2) is 4.79 Å². The summed E-state index contributed by atoms with van der Waals surface area (Å²) in [5, 5.41) is 0.636. The molecular formula is C13H12O4. The first-order chi connectivity index (χ1) is 8.15. The largest absolute Gasteiger partial charge is 0.497 e. The maximum absolute atomic E-state index is 11.7. The van der Waals surface area contributed by atoms with E-state index in [1.807, 2.05) is 0 Å². The summed E-state index contributed by atoms with van der Waals surface area (Å²) >= 11 is 0. The predicted octanol–water partition coefficient (Wildman–Crippen LogP) is 2.39. The fourth-order valence-electron chi connectivity index (χ4n) is 1.69. The van der Waals surface area contributed by atoms with E-state index in [-0.39, 0.29) is 5.78 Å². The lowest BCUT2D eigenvalue weighted by molar-refractivity contribution is 0.0989. The lowest BCUT2D eigenvalue weighted by Gasteiger charge is -2.04. The van der Waals surface area contributed by atoms with Crippen LogP contribution >= 0.6 is 0 Å². The number of hydrogen-bond acceptors (Lipinski definition) is 4. The van der Waals surface area contributed by atoms with Crippen LogP contribution in [0.2, 0.25) is 0 Å². The molecule has 88 valence electrons. The number of carbonyl (C=O) groups excluding carboxylic acids is 1. The number of hydrogen-bond donors (Lipinski definition) is 0. The van der Waals surface area contributed by atoms with Crippen LogP contribution in [0, 0.1) is 0 Å². The Labute approximate surface area is 97.8 Å². The van der Waals surface area contributed by atoms with E-state index in [2.05, 4.69) is 0 Å². The standard InChI is InChI=1S/C13H12O4/c1-3-11(14)10-7-13(15)17-12-6-8(16-2)4-5-9(10)12/h4-7H,3H2,1-2H3. The number of carbonyl (C=O) groups is 1. The lowest BCUT2D eigenvalue weighted by atomic mass is 10.0. The molecule has 1 aromatic heterocycles. The monoisotopic (exact) mass is 232 g/mol. The average molecular weight is 232 g/mol. The van der Waals surface area contributed by atoms with Gasteiger partial charge in [-0.1, -0.05) is 6.92 Å². The Hall–Kier alpha value is -2.10. The lowest BCUT2D eigenvalue weighted by Crippen LogP contribution is -2.05. The fraction of sp³-hybridized carbons (Fsp3) is 0.231. The van der Waals surface area contributed by atoms with Crippen LogP contribution < -0.4 is 10.4 Å². The second-order valence-electron chi connectivity index (χ2n) is 3.62. The minimum Gasteiger partial charge on any atom is -0.497 e. The van der Waals surface area contributed by atoms with Gasteiger partial charge in [0.25, 0.3) is 0 Å². The summed E-state index contributed by atoms with van der Waals surface area (Å²) in [7, 11) is 1.53. The van der Waals surface area contributed by atoms with Crippen molar-refractivity contribution in [3.8, 4) is 5.75 Å². The van der Waals surface area contributed by atoms with Crippen molar-refractivity contribution in [2.24, 2.45) is 0 Å². The molecular weight excluding hydrogens is 220 g/mol. The van der Waals surface area contributed by atoms with Gasteiger partial charge in [0.2, 0.25) is 0 Å².